The van der Waals surface area contributed by atoms with Gasteiger partial charge in [0, 0.05) is 14.6 Å². The van der Waals surface area contributed by atoms with E-state index in [2.05, 4.69) is 47.0 Å². The van der Waals surface area contributed by atoms with Crippen LogP contribution in [0.5, 0.6) is 0 Å². The minimum Gasteiger partial charge on any atom is -0.143 e. The van der Waals surface area contributed by atoms with Crippen molar-refractivity contribution in [2.45, 2.75) is 19.6 Å². The van der Waals surface area contributed by atoms with Crippen LogP contribution in [-0.2, 0) is 0 Å². The Balaban J connectivity index is 2.34. The molecule has 0 aliphatic rings. The molecule has 0 saturated heterocycles. The highest BCUT2D eigenvalue weighted by Gasteiger charge is 2.21. The van der Waals surface area contributed by atoms with Crippen molar-refractivity contribution in [2.75, 3.05) is 0 Å². The Kier molecular flexibility index (Phi) is 2.60. The molecule has 3 heterocycles. The quantitative estimate of drug-likeness (QED) is 0.511. The van der Waals surface area contributed by atoms with Gasteiger partial charge in [-0.05, 0) is 26.5 Å². The van der Waals surface area contributed by atoms with Gasteiger partial charge in [-0.15, -0.1) is 34.0 Å². The number of fused-ring (bicyclic) bond motifs is 3. The maximum Gasteiger partial charge on any atom is 0.0904 e. The zero-order valence-electron chi connectivity index (χ0n) is 9.26. The van der Waals surface area contributed by atoms with Crippen molar-refractivity contribution < 1.29 is 0 Å². The Morgan fingerprint density at radius 1 is 1.06 bits per heavy atom. The van der Waals surface area contributed by atoms with Crippen molar-refractivity contribution in [3.63, 3.8) is 0 Å². The molecule has 0 N–H and O–H groups in total. The fraction of sp³-hybridized carbons (Fsp3) is 0.273. The third-order valence-electron chi connectivity index (χ3n) is 2.56. The van der Waals surface area contributed by atoms with E-state index in [1.807, 2.05) is 34.0 Å². The molecule has 0 aliphatic heterocycles. The molecule has 3 aromatic heterocycles. The SMILES string of the molecule is C[Si](C)(C)c1cc2sc3c(Br)csc3c2s1. The first-order valence-electron chi connectivity index (χ1n) is 5.06. The summed E-state index contributed by atoms with van der Waals surface area (Å²) in [6.07, 6.45) is 0. The van der Waals surface area contributed by atoms with E-state index in [1.54, 1.807) is 4.50 Å². The third kappa shape index (κ3) is 1.64. The second kappa shape index (κ2) is 3.65. The van der Waals surface area contributed by atoms with Crippen molar-refractivity contribution in [2.24, 2.45) is 0 Å². The highest BCUT2D eigenvalue weighted by molar-refractivity contribution is 9.10. The molecule has 0 bridgehead atoms. The van der Waals surface area contributed by atoms with Crippen LogP contribution >= 0.6 is 49.9 Å². The molecular formula is C11H11BrS3Si. The van der Waals surface area contributed by atoms with Gasteiger partial charge >= 0.3 is 0 Å². The van der Waals surface area contributed by atoms with E-state index >= 15 is 0 Å². The molecule has 3 rings (SSSR count). The van der Waals surface area contributed by atoms with E-state index < -0.39 is 8.07 Å². The second-order valence-corrected chi connectivity index (χ2v) is 14.1. The minimum atomic E-state index is -1.14. The average molecular weight is 347 g/mol. The monoisotopic (exact) mass is 346 g/mol. The van der Waals surface area contributed by atoms with Crippen molar-refractivity contribution in [1.29, 1.82) is 0 Å². The fourth-order valence-electron chi connectivity index (χ4n) is 1.67. The van der Waals surface area contributed by atoms with Crippen molar-refractivity contribution >= 4 is 81.3 Å². The van der Waals surface area contributed by atoms with Gasteiger partial charge in [-0.2, -0.15) is 0 Å². The van der Waals surface area contributed by atoms with Crippen LogP contribution in [0.25, 0.3) is 18.8 Å². The molecule has 5 heteroatoms. The van der Waals surface area contributed by atoms with E-state index in [-0.39, 0.29) is 0 Å². The van der Waals surface area contributed by atoms with Crippen molar-refractivity contribution in [3.8, 4) is 0 Å². The fourth-order valence-corrected chi connectivity index (χ4v) is 8.27. The molecular weight excluding hydrogens is 336 g/mol. The Morgan fingerprint density at radius 2 is 1.81 bits per heavy atom. The van der Waals surface area contributed by atoms with Crippen LogP contribution < -0.4 is 4.50 Å². The summed E-state index contributed by atoms with van der Waals surface area (Å²) < 4.78 is 8.77. The molecule has 0 atom stereocenters. The van der Waals surface area contributed by atoms with Gasteiger partial charge in [0.2, 0.25) is 0 Å². The molecule has 16 heavy (non-hydrogen) atoms. The lowest BCUT2D eigenvalue weighted by Gasteiger charge is -2.11. The average Bonchev–Trinajstić information content (AvgIpc) is 2.76. The summed E-state index contributed by atoms with van der Waals surface area (Å²) in [5.74, 6) is 0. The number of hydrogen-bond donors (Lipinski definition) is 0. The summed E-state index contributed by atoms with van der Waals surface area (Å²) in [4.78, 5) is 0. The lowest BCUT2D eigenvalue weighted by atomic mass is 10.5. The Morgan fingerprint density at radius 3 is 2.50 bits per heavy atom. The van der Waals surface area contributed by atoms with Gasteiger partial charge < -0.3 is 0 Å². The summed E-state index contributed by atoms with van der Waals surface area (Å²) in [7, 11) is -1.14. The maximum atomic E-state index is 3.62. The normalized spacial score (nSPS) is 13.0. The molecule has 0 amide bonds. The maximum absolute atomic E-state index is 3.62. The largest absolute Gasteiger partial charge is 0.143 e. The Labute approximate surface area is 116 Å². The van der Waals surface area contributed by atoms with Gasteiger partial charge in [0.05, 0.1) is 22.2 Å². The molecule has 0 nitrogen and oxygen atoms in total. The molecule has 3 aromatic rings. The summed E-state index contributed by atoms with van der Waals surface area (Å²) in [5.41, 5.74) is 0. The number of hydrogen-bond acceptors (Lipinski definition) is 3. The van der Waals surface area contributed by atoms with Gasteiger partial charge in [-0.25, -0.2) is 0 Å². The lowest BCUT2D eigenvalue weighted by molar-refractivity contribution is 1.79. The van der Waals surface area contributed by atoms with E-state index in [4.69, 9.17) is 0 Å². The van der Waals surface area contributed by atoms with E-state index in [9.17, 15) is 0 Å². The Bertz CT molecular complexity index is 668. The van der Waals surface area contributed by atoms with Gasteiger partial charge in [0.15, 0.2) is 0 Å². The minimum absolute atomic E-state index is 1.14. The first kappa shape index (κ1) is 11.4. The smallest absolute Gasteiger partial charge is 0.0904 e. The molecule has 0 unspecified atom stereocenters. The van der Waals surface area contributed by atoms with Crippen LogP contribution in [0, 0.1) is 0 Å². The van der Waals surface area contributed by atoms with Crippen LogP contribution in [0.1, 0.15) is 0 Å². The molecule has 0 aliphatic carbocycles. The highest BCUT2D eigenvalue weighted by atomic mass is 79.9. The highest BCUT2D eigenvalue weighted by Crippen LogP contribution is 2.44. The van der Waals surface area contributed by atoms with Gasteiger partial charge in [0.1, 0.15) is 0 Å². The second-order valence-electron chi connectivity index (χ2n) is 4.90. The zero-order chi connectivity index (χ0) is 11.5. The van der Waals surface area contributed by atoms with Gasteiger partial charge in [-0.1, -0.05) is 19.6 Å². The van der Waals surface area contributed by atoms with E-state index in [1.165, 1.54) is 23.3 Å². The number of thiophene rings is 3. The van der Waals surface area contributed by atoms with Crippen molar-refractivity contribution in [3.05, 3.63) is 15.9 Å². The summed E-state index contributed by atoms with van der Waals surface area (Å²) in [5, 5.41) is 2.20. The van der Waals surface area contributed by atoms with Crippen LogP contribution in [0.15, 0.2) is 15.9 Å². The van der Waals surface area contributed by atoms with E-state index in [0.29, 0.717) is 0 Å². The van der Waals surface area contributed by atoms with Crippen LogP contribution in [-0.4, -0.2) is 8.07 Å². The Hall–Kier alpha value is 0.317. The number of halogens is 1. The van der Waals surface area contributed by atoms with E-state index in [0.717, 1.165) is 0 Å². The van der Waals surface area contributed by atoms with Crippen LogP contribution in [0.3, 0.4) is 0 Å². The number of rotatable bonds is 1. The van der Waals surface area contributed by atoms with Crippen LogP contribution in [0.4, 0.5) is 0 Å². The molecule has 0 saturated carbocycles. The topological polar surface area (TPSA) is 0 Å². The molecule has 0 fully saturated rings. The molecule has 84 valence electrons. The molecule has 0 spiro atoms. The first-order chi connectivity index (χ1) is 7.47. The molecule has 0 aromatic carbocycles. The van der Waals surface area contributed by atoms with Crippen molar-refractivity contribution in [1.82, 2.24) is 0 Å². The first-order valence-corrected chi connectivity index (χ1v) is 11.9. The third-order valence-corrected chi connectivity index (χ3v) is 11.0. The summed E-state index contributed by atoms with van der Waals surface area (Å²) in [6, 6.07) is 2.43. The summed E-state index contributed by atoms with van der Waals surface area (Å²) in [6.45, 7) is 7.26. The zero-order valence-corrected chi connectivity index (χ0v) is 14.3. The predicted octanol–water partition coefficient (Wildman–Crippen LogP) is 5.49. The lowest BCUT2D eigenvalue weighted by Crippen LogP contribution is -2.34. The summed E-state index contributed by atoms with van der Waals surface area (Å²) >= 11 is 9.43. The standard InChI is InChI=1S/C11H11BrS3Si/c1-16(2,3)8-4-7-10(15-8)11-9(14-7)6(12)5-13-11/h4-5H,1-3H3. The van der Waals surface area contributed by atoms with Gasteiger partial charge in [-0.3, -0.25) is 0 Å². The predicted molar refractivity (Wildman–Crippen MR) is 85.8 cm³/mol. The molecule has 0 radical (unpaired) electrons. The van der Waals surface area contributed by atoms with Crippen LogP contribution in [0.2, 0.25) is 19.6 Å². The van der Waals surface area contributed by atoms with Gasteiger partial charge in [0.25, 0.3) is 0 Å².